The lowest BCUT2D eigenvalue weighted by atomic mass is 9.81. The van der Waals surface area contributed by atoms with Crippen molar-refractivity contribution in [3.05, 3.63) is 65.2 Å². The van der Waals surface area contributed by atoms with Gasteiger partial charge in [-0.15, -0.1) is 0 Å². The molecule has 2 heterocycles. The van der Waals surface area contributed by atoms with Crippen LogP contribution in [-0.2, 0) is 6.54 Å². The number of para-hydroxylation sites is 1. The van der Waals surface area contributed by atoms with E-state index in [1.54, 1.807) is 7.11 Å². The highest BCUT2D eigenvalue weighted by molar-refractivity contribution is 5.97. The fraction of sp³-hybridized carbons (Fsp3) is 0.458. The van der Waals surface area contributed by atoms with Crippen molar-refractivity contribution in [1.82, 2.24) is 10.2 Å². The third-order valence-corrected chi connectivity index (χ3v) is 6.30. The largest absolute Gasteiger partial charge is 0.496 e. The molecule has 0 spiro atoms. The number of aryl methyl sites for hydroxylation is 1. The van der Waals surface area contributed by atoms with Crippen LogP contribution in [0.5, 0.6) is 5.75 Å². The van der Waals surface area contributed by atoms with Crippen molar-refractivity contribution >= 4 is 5.91 Å². The average Bonchev–Trinajstić information content (AvgIpc) is 2.70. The normalized spacial score (nSPS) is 24.6. The minimum atomic E-state index is -0.0208. The summed E-state index contributed by atoms with van der Waals surface area (Å²) in [4.78, 5) is 15.5. The second-order valence-electron chi connectivity index (χ2n) is 8.24. The number of methoxy groups -OCH3 is 1. The fourth-order valence-corrected chi connectivity index (χ4v) is 4.85. The Morgan fingerprint density at radius 3 is 2.43 bits per heavy atom. The SMILES string of the molecule is COc1ccccc1C(=O)NC1C[C@H]2CCC[C@H](C1)N2Cc1ccc(C)cc1. The summed E-state index contributed by atoms with van der Waals surface area (Å²) in [5.74, 6) is 0.615. The number of hydrogen-bond acceptors (Lipinski definition) is 3. The summed E-state index contributed by atoms with van der Waals surface area (Å²) >= 11 is 0. The summed E-state index contributed by atoms with van der Waals surface area (Å²) in [6.45, 7) is 3.15. The first-order valence-electron chi connectivity index (χ1n) is 10.4. The molecule has 4 nitrogen and oxygen atoms in total. The number of ether oxygens (including phenoxy) is 1. The summed E-state index contributed by atoms with van der Waals surface area (Å²) in [6.07, 6.45) is 5.81. The van der Waals surface area contributed by atoms with Gasteiger partial charge in [0, 0.05) is 24.7 Å². The maximum Gasteiger partial charge on any atom is 0.255 e. The predicted octanol–water partition coefficient (Wildman–Crippen LogP) is 4.32. The van der Waals surface area contributed by atoms with E-state index >= 15 is 0 Å². The van der Waals surface area contributed by atoms with E-state index in [-0.39, 0.29) is 11.9 Å². The molecule has 28 heavy (non-hydrogen) atoms. The van der Waals surface area contributed by atoms with Crippen LogP contribution in [0.1, 0.15) is 53.6 Å². The van der Waals surface area contributed by atoms with Crippen molar-refractivity contribution < 1.29 is 9.53 Å². The third kappa shape index (κ3) is 4.07. The minimum Gasteiger partial charge on any atom is -0.496 e. The van der Waals surface area contributed by atoms with Gasteiger partial charge in [0.05, 0.1) is 12.7 Å². The van der Waals surface area contributed by atoms with Crippen LogP contribution in [0.25, 0.3) is 0 Å². The molecule has 2 aliphatic rings. The first kappa shape index (κ1) is 19.0. The Hall–Kier alpha value is -2.33. The number of nitrogens with zero attached hydrogens (tertiary/aromatic N) is 1. The van der Waals surface area contributed by atoms with Crippen molar-refractivity contribution in [2.24, 2.45) is 0 Å². The van der Waals surface area contributed by atoms with Gasteiger partial charge in [-0.05, 0) is 50.3 Å². The molecule has 2 atom stereocenters. The van der Waals surface area contributed by atoms with E-state index in [0.29, 0.717) is 23.4 Å². The van der Waals surface area contributed by atoms with E-state index in [4.69, 9.17) is 4.74 Å². The molecular weight excluding hydrogens is 348 g/mol. The van der Waals surface area contributed by atoms with Crippen molar-refractivity contribution in [3.63, 3.8) is 0 Å². The summed E-state index contributed by atoms with van der Waals surface area (Å²) in [5, 5.41) is 3.28. The molecule has 2 bridgehead atoms. The van der Waals surface area contributed by atoms with Crippen LogP contribution in [0.3, 0.4) is 0 Å². The second kappa shape index (κ2) is 8.36. The molecule has 0 radical (unpaired) electrons. The number of carbonyl (C=O) groups is 1. The van der Waals surface area contributed by atoms with E-state index < -0.39 is 0 Å². The topological polar surface area (TPSA) is 41.6 Å². The van der Waals surface area contributed by atoms with E-state index in [2.05, 4.69) is 41.4 Å². The van der Waals surface area contributed by atoms with Crippen LogP contribution < -0.4 is 10.1 Å². The zero-order chi connectivity index (χ0) is 19.5. The van der Waals surface area contributed by atoms with Gasteiger partial charge in [0.1, 0.15) is 5.75 Å². The maximum absolute atomic E-state index is 12.8. The molecule has 0 unspecified atom stereocenters. The molecule has 1 amide bonds. The number of hydrogen-bond donors (Lipinski definition) is 1. The standard InChI is InChI=1S/C24H30N2O2/c1-17-10-12-18(13-11-17)16-26-20-6-5-7-21(26)15-19(14-20)25-24(27)22-8-3-4-9-23(22)28-2/h3-4,8-13,19-21H,5-7,14-16H2,1-2H3,(H,25,27)/t20-,21-/m1/s1. The monoisotopic (exact) mass is 378 g/mol. The lowest BCUT2D eigenvalue weighted by molar-refractivity contribution is 0.0177. The first-order chi connectivity index (χ1) is 13.6. The lowest BCUT2D eigenvalue weighted by Gasteiger charge is -2.49. The van der Waals surface area contributed by atoms with Gasteiger partial charge in [0.2, 0.25) is 0 Å². The zero-order valence-corrected chi connectivity index (χ0v) is 16.9. The van der Waals surface area contributed by atoms with Crippen molar-refractivity contribution in [3.8, 4) is 5.75 Å². The summed E-state index contributed by atoms with van der Waals surface area (Å²) in [5.41, 5.74) is 3.32. The molecule has 2 aromatic rings. The minimum absolute atomic E-state index is 0.0208. The average molecular weight is 379 g/mol. The number of fused-ring (bicyclic) bond motifs is 2. The van der Waals surface area contributed by atoms with Gasteiger partial charge >= 0.3 is 0 Å². The molecule has 2 saturated heterocycles. The van der Waals surface area contributed by atoms with Crippen LogP contribution in [0.4, 0.5) is 0 Å². The van der Waals surface area contributed by atoms with Crippen LogP contribution >= 0.6 is 0 Å². The van der Waals surface area contributed by atoms with Crippen LogP contribution in [0.15, 0.2) is 48.5 Å². The van der Waals surface area contributed by atoms with Crippen LogP contribution in [0.2, 0.25) is 0 Å². The summed E-state index contributed by atoms with van der Waals surface area (Å²) in [7, 11) is 1.61. The molecule has 2 aliphatic heterocycles. The Morgan fingerprint density at radius 1 is 1.07 bits per heavy atom. The number of piperidine rings is 2. The fourth-order valence-electron chi connectivity index (χ4n) is 4.85. The van der Waals surface area contributed by atoms with Crippen molar-refractivity contribution in [1.29, 1.82) is 0 Å². The van der Waals surface area contributed by atoms with Gasteiger partial charge in [0.25, 0.3) is 5.91 Å². The first-order valence-corrected chi connectivity index (χ1v) is 10.4. The lowest BCUT2D eigenvalue weighted by Crippen LogP contribution is -2.56. The second-order valence-corrected chi connectivity index (χ2v) is 8.24. The molecule has 148 valence electrons. The Kier molecular flexibility index (Phi) is 5.67. The Morgan fingerprint density at radius 2 is 1.75 bits per heavy atom. The van der Waals surface area contributed by atoms with Crippen LogP contribution in [-0.4, -0.2) is 36.0 Å². The summed E-state index contributed by atoms with van der Waals surface area (Å²) in [6, 6.07) is 17.7. The molecule has 0 aromatic heterocycles. The Balaban J connectivity index is 1.43. The molecule has 0 saturated carbocycles. The zero-order valence-electron chi connectivity index (χ0n) is 16.9. The quantitative estimate of drug-likeness (QED) is 0.842. The van der Waals surface area contributed by atoms with Gasteiger partial charge in [-0.2, -0.15) is 0 Å². The van der Waals surface area contributed by atoms with Gasteiger partial charge in [0.15, 0.2) is 0 Å². The van der Waals surface area contributed by atoms with E-state index in [0.717, 1.165) is 19.4 Å². The third-order valence-electron chi connectivity index (χ3n) is 6.30. The van der Waals surface area contributed by atoms with E-state index in [9.17, 15) is 4.79 Å². The van der Waals surface area contributed by atoms with E-state index in [1.807, 2.05) is 24.3 Å². The summed E-state index contributed by atoms with van der Waals surface area (Å²) < 4.78 is 5.35. The van der Waals surface area contributed by atoms with Gasteiger partial charge in [-0.3, -0.25) is 9.69 Å². The highest BCUT2D eigenvalue weighted by Crippen LogP contribution is 2.35. The smallest absolute Gasteiger partial charge is 0.255 e. The predicted molar refractivity (Wildman–Crippen MR) is 112 cm³/mol. The number of benzene rings is 2. The molecular formula is C24H30N2O2. The molecule has 4 heteroatoms. The molecule has 4 rings (SSSR count). The van der Waals surface area contributed by atoms with Gasteiger partial charge < -0.3 is 10.1 Å². The highest BCUT2D eigenvalue weighted by atomic mass is 16.5. The maximum atomic E-state index is 12.8. The van der Waals surface area contributed by atoms with E-state index in [1.165, 1.54) is 30.4 Å². The number of carbonyl (C=O) groups excluding carboxylic acids is 1. The molecule has 1 N–H and O–H groups in total. The molecule has 2 fully saturated rings. The van der Waals surface area contributed by atoms with Crippen LogP contribution in [0, 0.1) is 6.92 Å². The molecule has 2 aromatic carbocycles. The van der Waals surface area contributed by atoms with Gasteiger partial charge in [-0.25, -0.2) is 0 Å². The van der Waals surface area contributed by atoms with Crippen molar-refractivity contribution in [2.45, 2.75) is 63.7 Å². The number of amides is 1. The highest BCUT2D eigenvalue weighted by Gasteiger charge is 2.38. The number of rotatable bonds is 5. The Labute approximate surface area is 167 Å². The van der Waals surface area contributed by atoms with Gasteiger partial charge in [-0.1, -0.05) is 48.4 Å². The molecule has 0 aliphatic carbocycles. The Bertz CT molecular complexity index is 804. The number of nitrogens with one attached hydrogen (secondary N) is 1. The van der Waals surface area contributed by atoms with Crippen molar-refractivity contribution in [2.75, 3.05) is 7.11 Å².